The van der Waals surface area contributed by atoms with E-state index in [0.717, 1.165) is 31.7 Å². The Morgan fingerprint density at radius 1 is 1.50 bits per heavy atom. The van der Waals surface area contributed by atoms with Gasteiger partial charge in [-0.15, -0.1) is 0 Å². The monoisotopic (exact) mass is 193 g/mol. The molecule has 1 atom stereocenters. The molecule has 0 aliphatic carbocycles. The third kappa shape index (κ3) is 2.27. The molecule has 4 nitrogen and oxygen atoms in total. The van der Waals surface area contributed by atoms with Crippen LogP contribution in [-0.4, -0.2) is 28.7 Å². The molecule has 1 unspecified atom stereocenters. The van der Waals surface area contributed by atoms with E-state index in [9.17, 15) is 0 Å². The average molecular weight is 193 g/mol. The summed E-state index contributed by atoms with van der Waals surface area (Å²) in [7, 11) is 0. The van der Waals surface area contributed by atoms with E-state index in [1.807, 2.05) is 12.4 Å². The zero-order valence-electron chi connectivity index (χ0n) is 8.36. The fraction of sp³-hybridized carbons (Fsp3) is 0.600. The van der Waals surface area contributed by atoms with E-state index in [-0.39, 0.29) is 5.54 Å². The first-order valence-corrected chi connectivity index (χ1v) is 4.85. The highest BCUT2D eigenvalue weighted by Gasteiger charge is 2.28. The van der Waals surface area contributed by atoms with Crippen molar-refractivity contribution in [3.63, 3.8) is 0 Å². The van der Waals surface area contributed by atoms with Gasteiger partial charge in [-0.2, -0.15) is 0 Å². The molecule has 0 spiro atoms. The fourth-order valence-electron chi connectivity index (χ4n) is 1.54. The number of hydrogen-bond acceptors (Lipinski definition) is 4. The average Bonchev–Trinajstić information content (AvgIpc) is 2.65. The fourth-order valence-corrected chi connectivity index (χ4v) is 1.54. The Kier molecular flexibility index (Phi) is 2.74. The minimum atomic E-state index is 0.121. The highest BCUT2D eigenvalue weighted by atomic mass is 16.5. The second-order valence-corrected chi connectivity index (χ2v) is 3.96. The van der Waals surface area contributed by atoms with E-state index in [4.69, 9.17) is 4.74 Å². The largest absolute Gasteiger partial charge is 0.379 e. The van der Waals surface area contributed by atoms with Crippen molar-refractivity contribution in [2.24, 2.45) is 0 Å². The third-order valence-electron chi connectivity index (χ3n) is 2.55. The van der Waals surface area contributed by atoms with Gasteiger partial charge in [0.05, 0.1) is 6.61 Å². The van der Waals surface area contributed by atoms with Crippen LogP contribution in [0, 0.1) is 0 Å². The maximum Gasteiger partial charge on any atom is 0.115 e. The van der Waals surface area contributed by atoms with E-state index in [1.54, 1.807) is 6.33 Å². The van der Waals surface area contributed by atoms with Crippen LogP contribution in [0.3, 0.4) is 0 Å². The summed E-state index contributed by atoms with van der Waals surface area (Å²) in [5, 5.41) is 3.47. The Labute approximate surface area is 83.7 Å². The van der Waals surface area contributed by atoms with Crippen LogP contribution < -0.4 is 5.32 Å². The van der Waals surface area contributed by atoms with E-state index < -0.39 is 0 Å². The molecule has 0 radical (unpaired) electrons. The first-order chi connectivity index (χ1) is 6.79. The van der Waals surface area contributed by atoms with Gasteiger partial charge in [0, 0.05) is 36.6 Å². The standard InChI is InChI=1S/C10H15N3O/c1-10(2-3-14-7-10)13-6-9-4-11-8-12-5-9/h4-5,8,13H,2-3,6-7H2,1H3. The summed E-state index contributed by atoms with van der Waals surface area (Å²) in [6.45, 7) is 4.64. The first-order valence-electron chi connectivity index (χ1n) is 4.85. The molecular weight excluding hydrogens is 178 g/mol. The van der Waals surface area contributed by atoms with Crippen LogP contribution >= 0.6 is 0 Å². The second-order valence-electron chi connectivity index (χ2n) is 3.96. The van der Waals surface area contributed by atoms with Gasteiger partial charge in [-0.3, -0.25) is 0 Å². The van der Waals surface area contributed by atoms with Gasteiger partial charge in [0.1, 0.15) is 6.33 Å². The molecule has 0 aromatic carbocycles. The van der Waals surface area contributed by atoms with Gasteiger partial charge in [-0.05, 0) is 13.3 Å². The topological polar surface area (TPSA) is 47.0 Å². The molecule has 76 valence electrons. The van der Waals surface area contributed by atoms with Crippen molar-refractivity contribution in [1.82, 2.24) is 15.3 Å². The van der Waals surface area contributed by atoms with Gasteiger partial charge in [0.2, 0.25) is 0 Å². The molecular formula is C10H15N3O. The quantitative estimate of drug-likeness (QED) is 0.769. The molecule has 0 saturated carbocycles. The number of rotatable bonds is 3. The molecule has 0 amide bonds. The van der Waals surface area contributed by atoms with Crippen LogP contribution in [-0.2, 0) is 11.3 Å². The summed E-state index contributed by atoms with van der Waals surface area (Å²) >= 11 is 0. The predicted molar refractivity (Wildman–Crippen MR) is 52.7 cm³/mol. The summed E-state index contributed by atoms with van der Waals surface area (Å²) in [5.41, 5.74) is 1.23. The SMILES string of the molecule is CC1(NCc2cncnc2)CCOC1. The Balaban J connectivity index is 1.88. The van der Waals surface area contributed by atoms with Crippen molar-refractivity contribution >= 4 is 0 Å². The van der Waals surface area contributed by atoms with Crippen molar-refractivity contribution in [1.29, 1.82) is 0 Å². The Hall–Kier alpha value is -1.00. The normalized spacial score (nSPS) is 26.6. The van der Waals surface area contributed by atoms with Crippen molar-refractivity contribution in [2.45, 2.75) is 25.4 Å². The van der Waals surface area contributed by atoms with Gasteiger partial charge in [-0.1, -0.05) is 0 Å². The van der Waals surface area contributed by atoms with E-state index in [2.05, 4.69) is 22.2 Å². The molecule has 14 heavy (non-hydrogen) atoms. The van der Waals surface area contributed by atoms with Crippen LogP contribution in [0.2, 0.25) is 0 Å². The van der Waals surface area contributed by atoms with Crippen molar-refractivity contribution < 1.29 is 4.74 Å². The summed E-state index contributed by atoms with van der Waals surface area (Å²) in [4.78, 5) is 7.94. The van der Waals surface area contributed by atoms with Crippen LogP contribution in [0.15, 0.2) is 18.7 Å². The van der Waals surface area contributed by atoms with Crippen LogP contribution in [0.5, 0.6) is 0 Å². The molecule has 1 aromatic rings. The highest BCUT2D eigenvalue weighted by molar-refractivity contribution is 5.03. The van der Waals surface area contributed by atoms with Gasteiger partial charge >= 0.3 is 0 Å². The first kappa shape index (κ1) is 9.55. The van der Waals surface area contributed by atoms with Crippen molar-refractivity contribution in [3.05, 3.63) is 24.3 Å². The lowest BCUT2D eigenvalue weighted by Gasteiger charge is -2.23. The number of nitrogens with one attached hydrogen (secondary N) is 1. The minimum absolute atomic E-state index is 0.121. The van der Waals surface area contributed by atoms with Crippen molar-refractivity contribution in [2.75, 3.05) is 13.2 Å². The van der Waals surface area contributed by atoms with Gasteiger partial charge < -0.3 is 10.1 Å². The smallest absolute Gasteiger partial charge is 0.115 e. The molecule has 1 N–H and O–H groups in total. The van der Waals surface area contributed by atoms with Crippen LogP contribution in [0.4, 0.5) is 0 Å². The van der Waals surface area contributed by atoms with Crippen LogP contribution in [0.1, 0.15) is 18.9 Å². The lowest BCUT2D eigenvalue weighted by molar-refractivity contribution is 0.171. The van der Waals surface area contributed by atoms with Crippen molar-refractivity contribution in [3.8, 4) is 0 Å². The highest BCUT2D eigenvalue weighted by Crippen LogP contribution is 2.17. The Bertz CT molecular complexity index is 283. The van der Waals surface area contributed by atoms with E-state index in [0.29, 0.717) is 0 Å². The summed E-state index contributed by atoms with van der Waals surface area (Å²) in [6, 6.07) is 0. The number of ether oxygens (including phenoxy) is 1. The molecule has 0 bridgehead atoms. The van der Waals surface area contributed by atoms with Gasteiger partial charge in [0.15, 0.2) is 0 Å². The maximum absolute atomic E-state index is 5.35. The zero-order chi connectivity index (χ0) is 9.86. The lowest BCUT2D eigenvalue weighted by atomic mass is 10.0. The summed E-state index contributed by atoms with van der Waals surface area (Å²) in [6.07, 6.45) is 6.28. The molecule has 4 heteroatoms. The Morgan fingerprint density at radius 2 is 2.29 bits per heavy atom. The van der Waals surface area contributed by atoms with E-state index in [1.165, 1.54) is 0 Å². The molecule has 1 aromatic heterocycles. The third-order valence-corrected chi connectivity index (χ3v) is 2.55. The second kappa shape index (κ2) is 4.02. The molecule has 1 fully saturated rings. The molecule has 1 saturated heterocycles. The molecule has 1 aliphatic heterocycles. The van der Waals surface area contributed by atoms with Crippen LogP contribution in [0.25, 0.3) is 0 Å². The number of aromatic nitrogens is 2. The maximum atomic E-state index is 5.35. The molecule has 2 rings (SSSR count). The van der Waals surface area contributed by atoms with E-state index >= 15 is 0 Å². The lowest BCUT2D eigenvalue weighted by Crippen LogP contribution is -2.42. The zero-order valence-corrected chi connectivity index (χ0v) is 8.36. The molecule has 2 heterocycles. The minimum Gasteiger partial charge on any atom is -0.379 e. The summed E-state index contributed by atoms with van der Waals surface area (Å²) in [5.74, 6) is 0. The number of hydrogen-bond donors (Lipinski definition) is 1. The predicted octanol–water partition coefficient (Wildman–Crippen LogP) is 0.745. The number of nitrogens with zero attached hydrogens (tertiary/aromatic N) is 2. The molecule has 1 aliphatic rings. The Morgan fingerprint density at radius 3 is 2.93 bits per heavy atom. The summed E-state index contributed by atoms with van der Waals surface area (Å²) < 4.78 is 5.35. The van der Waals surface area contributed by atoms with Gasteiger partial charge in [-0.25, -0.2) is 9.97 Å². The van der Waals surface area contributed by atoms with Gasteiger partial charge in [0.25, 0.3) is 0 Å².